The number of aromatic nitrogens is 3. The summed E-state index contributed by atoms with van der Waals surface area (Å²) >= 11 is 0.686. The van der Waals surface area contributed by atoms with Crippen LogP contribution in [0.5, 0.6) is 11.8 Å². The molecule has 2 aliphatic rings. The molecule has 16 heteroatoms. The molecule has 0 amide bonds. The highest BCUT2D eigenvalue weighted by Gasteiger charge is 2.44. The zero-order chi connectivity index (χ0) is 33.9. The number of anilines is 3. The summed E-state index contributed by atoms with van der Waals surface area (Å²) < 4.78 is 89.4. The minimum Gasteiger partial charge on any atom is -0.490 e. The van der Waals surface area contributed by atoms with Crippen LogP contribution in [-0.4, -0.2) is 59.2 Å². The van der Waals surface area contributed by atoms with Gasteiger partial charge in [-0.15, -0.1) is 11.3 Å². The molecule has 0 saturated carbocycles. The molecule has 5 aromatic rings. The van der Waals surface area contributed by atoms with Crippen LogP contribution in [0.1, 0.15) is 29.5 Å². The number of hydrogen-bond donors (Lipinski definition) is 2. The monoisotopic (exact) mass is 682 g/mol. The second kappa shape index (κ2) is 11.9. The number of hydrogen-bond acceptors (Lipinski definition) is 11. The Bertz CT molecular complexity index is 2130. The zero-order valence-corrected chi connectivity index (χ0v) is 26.2. The number of pyridine rings is 1. The average Bonchev–Trinajstić information content (AvgIpc) is 3.57. The molecule has 2 aromatic carbocycles. The van der Waals surface area contributed by atoms with Crippen LogP contribution in [0.3, 0.4) is 0 Å². The van der Waals surface area contributed by atoms with Gasteiger partial charge in [0, 0.05) is 35.3 Å². The molecule has 4 N–H and O–H groups in total. The molecule has 3 aromatic heterocycles. The second-order valence-electron chi connectivity index (χ2n) is 11.6. The van der Waals surface area contributed by atoms with Crippen molar-refractivity contribution in [3.63, 3.8) is 0 Å². The Labute approximate surface area is 274 Å². The van der Waals surface area contributed by atoms with Crippen LogP contribution in [0.4, 0.5) is 38.6 Å². The van der Waals surface area contributed by atoms with Crippen molar-refractivity contribution in [2.75, 3.05) is 49.7 Å². The van der Waals surface area contributed by atoms with Crippen LogP contribution in [0.25, 0.3) is 32.1 Å². The lowest BCUT2D eigenvalue weighted by Gasteiger charge is -2.25. The first-order valence-corrected chi connectivity index (χ1v) is 15.7. The van der Waals surface area contributed by atoms with Gasteiger partial charge < -0.3 is 30.7 Å². The Morgan fingerprint density at radius 3 is 2.67 bits per heavy atom. The summed E-state index contributed by atoms with van der Waals surface area (Å²) in [6, 6.07) is 6.90. The first-order chi connectivity index (χ1) is 23.0. The van der Waals surface area contributed by atoms with Crippen LogP contribution < -0.4 is 25.8 Å². The Morgan fingerprint density at radius 1 is 1.15 bits per heavy atom. The van der Waals surface area contributed by atoms with E-state index < -0.39 is 40.2 Å². The van der Waals surface area contributed by atoms with Gasteiger partial charge >= 0.3 is 12.2 Å². The van der Waals surface area contributed by atoms with Crippen molar-refractivity contribution in [2.45, 2.75) is 31.6 Å². The molecular formula is C32H27F5N8O2S. The smallest absolute Gasteiger partial charge is 0.420 e. The molecule has 0 radical (unpaired) electrons. The zero-order valence-electron chi connectivity index (χ0n) is 25.4. The molecule has 5 heterocycles. The summed E-state index contributed by atoms with van der Waals surface area (Å²) in [6.07, 6.45) is -1.87. The van der Waals surface area contributed by atoms with Crippen LogP contribution >= 0.6 is 11.3 Å². The van der Waals surface area contributed by atoms with Gasteiger partial charge in [-0.25, -0.2) is 13.8 Å². The maximum Gasteiger partial charge on any atom is 0.420 e. The predicted molar refractivity (Wildman–Crippen MR) is 171 cm³/mol. The van der Waals surface area contributed by atoms with Crippen molar-refractivity contribution in [1.29, 1.82) is 5.26 Å². The summed E-state index contributed by atoms with van der Waals surface area (Å²) in [5, 5.41) is 9.17. The number of likely N-dealkylation sites (tertiary alicyclic amines) is 1. The van der Waals surface area contributed by atoms with E-state index in [2.05, 4.69) is 19.9 Å². The highest BCUT2D eigenvalue weighted by molar-refractivity contribution is 7.23. The summed E-state index contributed by atoms with van der Waals surface area (Å²) in [4.78, 5) is 16.7. The second-order valence-corrected chi connectivity index (χ2v) is 12.7. The van der Waals surface area contributed by atoms with Gasteiger partial charge in [0.05, 0.1) is 22.2 Å². The topological polar surface area (TPSA) is 139 Å². The van der Waals surface area contributed by atoms with Crippen LogP contribution in [0, 0.1) is 23.0 Å². The number of halogens is 5. The molecule has 1 fully saturated rings. The number of nitrogens with zero attached hydrogens (tertiary/aromatic N) is 6. The highest BCUT2D eigenvalue weighted by atomic mass is 32.1. The third-order valence-electron chi connectivity index (χ3n) is 8.75. The van der Waals surface area contributed by atoms with Crippen molar-refractivity contribution in [2.24, 2.45) is 0 Å². The van der Waals surface area contributed by atoms with Gasteiger partial charge in [-0.2, -0.15) is 28.4 Å². The van der Waals surface area contributed by atoms with Gasteiger partial charge in [0.2, 0.25) is 0 Å². The molecular weight excluding hydrogens is 655 g/mol. The lowest BCUT2D eigenvalue weighted by molar-refractivity contribution is -0.138. The molecule has 1 unspecified atom stereocenters. The van der Waals surface area contributed by atoms with E-state index in [9.17, 15) is 9.65 Å². The first-order valence-electron chi connectivity index (χ1n) is 14.9. The van der Waals surface area contributed by atoms with Gasteiger partial charge in [-0.1, -0.05) is 12.1 Å². The van der Waals surface area contributed by atoms with Gasteiger partial charge in [0.1, 0.15) is 58.6 Å². The van der Waals surface area contributed by atoms with Gasteiger partial charge in [0.15, 0.2) is 5.82 Å². The fourth-order valence-corrected chi connectivity index (χ4v) is 7.35. The number of likely N-dealkylation sites (N-methyl/N-ethyl adjacent to an activating group) is 1. The number of nitrogens with two attached hydrogens (primary N) is 2. The maximum absolute atomic E-state index is 17.1. The number of ether oxygens (including phenoxy) is 2. The van der Waals surface area contributed by atoms with E-state index >= 15 is 17.6 Å². The third-order valence-corrected chi connectivity index (χ3v) is 9.78. The standard InChI is InChI=1S/C32H27F5N8O2S/c1-44-9-3-5-16(44)14-47-31-42-25-22-26(46-11-10-45(30(22)43-31)13-15-4-2-8-41-28(15)39)23(32(35,36)37)21(24(25)34)17-6-7-19(33)27-20(17)18(12-38)29(40)48-27/h2,4,6-8,16H,3,5,9-11,13-14,40H2,1H3,(H2,39,41). The number of fused-ring (bicyclic) bond motifs is 1. The average molecular weight is 683 g/mol. The Morgan fingerprint density at radius 2 is 1.96 bits per heavy atom. The van der Waals surface area contributed by atoms with E-state index in [0.717, 1.165) is 31.5 Å². The molecule has 0 aliphatic carbocycles. The number of alkyl halides is 3. The Balaban J connectivity index is 1.53. The number of thiophene rings is 1. The van der Waals surface area contributed by atoms with Crippen molar-refractivity contribution in [3.8, 4) is 29.0 Å². The van der Waals surface area contributed by atoms with E-state index in [0.29, 0.717) is 16.9 Å². The van der Waals surface area contributed by atoms with Crippen molar-refractivity contribution in [1.82, 2.24) is 19.9 Å². The number of nitrogen functional groups attached to an aromatic ring is 2. The van der Waals surface area contributed by atoms with Crippen molar-refractivity contribution < 1.29 is 31.4 Å². The van der Waals surface area contributed by atoms with E-state index in [1.54, 1.807) is 17.0 Å². The molecule has 48 heavy (non-hydrogen) atoms. The van der Waals surface area contributed by atoms with E-state index in [4.69, 9.17) is 20.9 Å². The summed E-state index contributed by atoms with van der Waals surface area (Å²) in [5.74, 6) is -2.75. The Kier molecular flexibility index (Phi) is 7.83. The minimum absolute atomic E-state index is 0.0302. The lowest BCUT2D eigenvalue weighted by atomic mass is 9.91. The fourth-order valence-electron chi connectivity index (χ4n) is 6.40. The molecule has 0 spiro atoms. The molecule has 1 saturated heterocycles. The van der Waals surface area contributed by atoms with E-state index in [1.165, 1.54) is 6.20 Å². The van der Waals surface area contributed by atoms with E-state index in [-0.39, 0.29) is 81.6 Å². The quantitative estimate of drug-likeness (QED) is 0.202. The van der Waals surface area contributed by atoms with Gasteiger partial charge in [-0.3, -0.25) is 0 Å². The molecule has 2 aliphatic heterocycles. The largest absolute Gasteiger partial charge is 0.490 e. The van der Waals surface area contributed by atoms with E-state index in [1.807, 2.05) is 13.1 Å². The fraction of sp³-hybridized carbons (Fsp3) is 0.312. The predicted octanol–water partition coefficient (Wildman–Crippen LogP) is 6.11. The van der Waals surface area contributed by atoms with Crippen molar-refractivity contribution in [3.05, 3.63) is 58.8 Å². The number of benzene rings is 2. The van der Waals surface area contributed by atoms with Crippen molar-refractivity contribution >= 4 is 49.0 Å². The van der Waals surface area contributed by atoms with Crippen LogP contribution in [0.15, 0.2) is 30.5 Å². The van der Waals surface area contributed by atoms with Gasteiger partial charge in [0.25, 0.3) is 0 Å². The number of nitriles is 1. The SMILES string of the molecule is CN1CCCC1COc1nc2c3c(c(C(F)(F)F)c(-c4ccc(F)c5sc(N)c(C#N)c45)c(F)c3n1)OCCN2Cc1cccnc1N. The lowest BCUT2D eigenvalue weighted by Crippen LogP contribution is -2.31. The molecule has 248 valence electrons. The maximum atomic E-state index is 17.1. The summed E-state index contributed by atoms with van der Waals surface area (Å²) in [6.45, 7) is 0.863. The minimum atomic E-state index is -5.18. The summed E-state index contributed by atoms with van der Waals surface area (Å²) in [5.41, 5.74) is 9.06. The molecule has 10 nitrogen and oxygen atoms in total. The number of rotatable bonds is 6. The molecule has 7 rings (SSSR count). The third kappa shape index (κ3) is 5.23. The van der Waals surface area contributed by atoms with Crippen LogP contribution in [-0.2, 0) is 12.7 Å². The summed E-state index contributed by atoms with van der Waals surface area (Å²) in [7, 11) is 1.95. The first kappa shape index (κ1) is 31.6. The normalized spacial score (nSPS) is 16.7. The highest BCUT2D eigenvalue weighted by Crippen LogP contribution is 2.53. The van der Waals surface area contributed by atoms with Crippen LogP contribution in [0.2, 0.25) is 0 Å². The molecule has 0 bridgehead atoms. The molecule has 1 atom stereocenters. The Hall–Kier alpha value is -5.01. The van der Waals surface area contributed by atoms with Gasteiger partial charge in [-0.05, 0) is 44.1 Å².